The Morgan fingerprint density at radius 1 is 1.44 bits per heavy atom. The van der Waals surface area contributed by atoms with Crippen molar-refractivity contribution >= 4 is 0 Å². The van der Waals surface area contributed by atoms with E-state index in [1.807, 2.05) is 13.0 Å². The Morgan fingerprint density at radius 3 is 2.81 bits per heavy atom. The number of aliphatic hydroxyl groups excluding tert-OH is 1. The fourth-order valence-corrected chi connectivity index (χ4v) is 1.36. The van der Waals surface area contributed by atoms with Crippen molar-refractivity contribution in [3.63, 3.8) is 0 Å². The fraction of sp³-hybridized carbons (Fsp3) is 0.455. The zero-order valence-electron chi connectivity index (χ0n) is 8.99. The highest BCUT2D eigenvalue weighted by atomic mass is 19.3. The minimum Gasteiger partial charge on any atom is -0.435 e. The van der Waals surface area contributed by atoms with Crippen LogP contribution < -0.4 is 10.1 Å². The number of benzene rings is 1. The molecular formula is C11H15F2NO2. The molecule has 0 radical (unpaired) electrons. The number of halogens is 2. The molecule has 5 heteroatoms. The van der Waals surface area contributed by atoms with Crippen molar-refractivity contribution in [1.82, 2.24) is 5.32 Å². The molecule has 0 aliphatic carbocycles. The van der Waals surface area contributed by atoms with Gasteiger partial charge in [-0.25, -0.2) is 0 Å². The van der Waals surface area contributed by atoms with E-state index in [1.165, 1.54) is 6.07 Å². The van der Waals surface area contributed by atoms with Crippen LogP contribution in [0.15, 0.2) is 24.3 Å². The third kappa shape index (κ3) is 4.12. The molecule has 0 aliphatic rings. The van der Waals surface area contributed by atoms with Crippen LogP contribution in [-0.4, -0.2) is 24.9 Å². The largest absolute Gasteiger partial charge is 0.435 e. The van der Waals surface area contributed by atoms with Crippen LogP contribution in [0.3, 0.4) is 0 Å². The summed E-state index contributed by atoms with van der Waals surface area (Å²) in [5.41, 5.74) is 0.839. The van der Waals surface area contributed by atoms with Crippen molar-refractivity contribution in [1.29, 1.82) is 0 Å². The number of aliphatic hydroxyl groups is 1. The van der Waals surface area contributed by atoms with Gasteiger partial charge in [0.25, 0.3) is 0 Å². The highest BCUT2D eigenvalue weighted by molar-refractivity contribution is 5.30. The molecule has 0 spiro atoms. The molecule has 0 heterocycles. The summed E-state index contributed by atoms with van der Waals surface area (Å²) in [6.45, 7) is -0.425. The van der Waals surface area contributed by atoms with Crippen molar-refractivity contribution in [2.45, 2.75) is 19.6 Å². The third-order valence-corrected chi connectivity index (χ3v) is 2.15. The van der Waals surface area contributed by atoms with Gasteiger partial charge in [0, 0.05) is 12.6 Å². The number of ether oxygens (including phenoxy) is 1. The molecular weight excluding hydrogens is 216 g/mol. The molecule has 1 rings (SSSR count). The van der Waals surface area contributed by atoms with Gasteiger partial charge in [-0.2, -0.15) is 8.78 Å². The SMILES string of the molecule is CC(NCCO)c1cccc(OC(F)F)c1. The van der Waals surface area contributed by atoms with E-state index in [0.717, 1.165) is 5.56 Å². The van der Waals surface area contributed by atoms with Gasteiger partial charge in [-0.3, -0.25) is 0 Å². The molecule has 0 fully saturated rings. The van der Waals surface area contributed by atoms with E-state index < -0.39 is 6.61 Å². The van der Waals surface area contributed by atoms with Crippen LogP contribution in [0, 0.1) is 0 Å². The summed E-state index contributed by atoms with van der Waals surface area (Å²) in [6.07, 6.45) is 0. The highest BCUT2D eigenvalue weighted by Gasteiger charge is 2.08. The Bertz CT molecular complexity index is 321. The maximum absolute atomic E-state index is 12.0. The Kier molecular flexibility index (Phi) is 5.14. The van der Waals surface area contributed by atoms with Crippen molar-refractivity contribution in [3.8, 4) is 5.75 Å². The third-order valence-electron chi connectivity index (χ3n) is 2.15. The van der Waals surface area contributed by atoms with Gasteiger partial charge in [-0.15, -0.1) is 0 Å². The second-order valence-electron chi connectivity index (χ2n) is 3.35. The topological polar surface area (TPSA) is 41.5 Å². The summed E-state index contributed by atoms with van der Waals surface area (Å²) in [5.74, 6) is 0.144. The van der Waals surface area contributed by atoms with Crippen molar-refractivity contribution in [3.05, 3.63) is 29.8 Å². The van der Waals surface area contributed by atoms with Crippen LogP contribution in [0.2, 0.25) is 0 Å². The quantitative estimate of drug-likeness (QED) is 0.786. The molecule has 1 atom stereocenters. The maximum atomic E-state index is 12.0. The van der Waals surface area contributed by atoms with E-state index in [2.05, 4.69) is 10.1 Å². The summed E-state index contributed by atoms with van der Waals surface area (Å²) in [6, 6.07) is 6.49. The lowest BCUT2D eigenvalue weighted by Gasteiger charge is -2.14. The van der Waals surface area contributed by atoms with Crippen molar-refractivity contribution < 1.29 is 18.6 Å². The Balaban J connectivity index is 2.65. The molecule has 0 aliphatic heterocycles. The van der Waals surface area contributed by atoms with E-state index in [4.69, 9.17) is 5.11 Å². The van der Waals surface area contributed by atoms with E-state index in [1.54, 1.807) is 12.1 Å². The van der Waals surface area contributed by atoms with Gasteiger partial charge in [-0.1, -0.05) is 12.1 Å². The van der Waals surface area contributed by atoms with Crippen LogP contribution in [0.25, 0.3) is 0 Å². The number of rotatable bonds is 6. The molecule has 1 aromatic rings. The standard InChI is InChI=1S/C11H15F2NO2/c1-8(14-5-6-15)9-3-2-4-10(7-9)16-11(12)13/h2-4,7-8,11,14-15H,5-6H2,1H3. The smallest absolute Gasteiger partial charge is 0.387 e. The first-order valence-corrected chi connectivity index (χ1v) is 5.02. The Morgan fingerprint density at radius 2 is 2.19 bits per heavy atom. The molecule has 0 saturated carbocycles. The van der Waals surface area contributed by atoms with Gasteiger partial charge in [0.1, 0.15) is 5.75 Å². The van der Waals surface area contributed by atoms with Gasteiger partial charge in [-0.05, 0) is 24.6 Å². The molecule has 90 valence electrons. The number of nitrogens with one attached hydrogen (secondary N) is 1. The summed E-state index contributed by atoms with van der Waals surface area (Å²) < 4.78 is 28.3. The van der Waals surface area contributed by atoms with E-state index >= 15 is 0 Å². The van der Waals surface area contributed by atoms with Crippen LogP contribution in [0.4, 0.5) is 8.78 Å². The first kappa shape index (κ1) is 12.9. The molecule has 3 nitrogen and oxygen atoms in total. The van der Waals surface area contributed by atoms with Crippen LogP contribution in [0.1, 0.15) is 18.5 Å². The maximum Gasteiger partial charge on any atom is 0.387 e. The van der Waals surface area contributed by atoms with E-state index in [9.17, 15) is 8.78 Å². The first-order valence-electron chi connectivity index (χ1n) is 5.02. The summed E-state index contributed by atoms with van der Waals surface area (Å²) in [5, 5.41) is 11.7. The summed E-state index contributed by atoms with van der Waals surface area (Å²) in [7, 11) is 0. The lowest BCUT2D eigenvalue weighted by Crippen LogP contribution is -2.22. The summed E-state index contributed by atoms with van der Waals surface area (Å²) >= 11 is 0. The van der Waals surface area contributed by atoms with Crippen molar-refractivity contribution in [2.75, 3.05) is 13.2 Å². The predicted molar refractivity (Wildman–Crippen MR) is 56.6 cm³/mol. The first-order chi connectivity index (χ1) is 7.63. The minimum absolute atomic E-state index is 0.0200. The molecule has 2 N–H and O–H groups in total. The minimum atomic E-state index is -2.81. The van der Waals surface area contributed by atoms with E-state index in [-0.39, 0.29) is 18.4 Å². The zero-order chi connectivity index (χ0) is 12.0. The predicted octanol–water partition coefficient (Wildman–Crippen LogP) is 1.93. The van der Waals surface area contributed by atoms with Crippen molar-refractivity contribution in [2.24, 2.45) is 0 Å². The zero-order valence-corrected chi connectivity index (χ0v) is 8.99. The second-order valence-corrected chi connectivity index (χ2v) is 3.35. The number of hydrogen-bond donors (Lipinski definition) is 2. The average molecular weight is 231 g/mol. The van der Waals surface area contributed by atoms with Crippen LogP contribution in [-0.2, 0) is 0 Å². The van der Waals surface area contributed by atoms with Gasteiger partial charge >= 0.3 is 6.61 Å². The second kappa shape index (κ2) is 6.40. The molecule has 16 heavy (non-hydrogen) atoms. The molecule has 0 bridgehead atoms. The highest BCUT2D eigenvalue weighted by Crippen LogP contribution is 2.20. The number of hydrogen-bond acceptors (Lipinski definition) is 3. The van der Waals surface area contributed by atoms with Gasteiger partial charge in [0.05, 0.1) is 6.61 Å². The van der Waals surface area contributed by atoms with Gasteiger partial charge in [0.2, 0.25) is 0 Å². The van der Waals surface area contributed by atoms with E-state index in [0.29, 0.717) is 6.54 Å². The molecule has 1 unspecified atom stereocenters. The van der Waals surface area contributed by atoms with Crippen LogP contribution in [0.5, 0.6) is 5.75 Å². The average Bonchev–Trinajstić information content (AvgIpc) is 2.25. The Labute approximate surface area is 93.0 Å². The molecule has 1 aromatic carbocycles. The summed E-state index contributed by atoms with van der Waals surface area (Å²) in [4.78, 5) is 0. The lowest BCUT2D eigenvalue weighted by atomic mass is 10.1. The van der Waals surface area contributed by atoms with Gasteiger partial charge in [0.15, 0.2) is 0 Å². The van der Waals surface area contributed by atoms with Crippen LogP contribution >= 0.6 is 0 Å². The monoisotopic (exact) mass is 231 g/mol. The normalized spacial score (nSPS) is 12.8. The Hall–Kier alpha value is -1.20. The van der Waals surface area contributed by atoms with Gasteiger partial charge < -0.3 is 15.2 Å². The number of alkyl halides is 2. The molecule has 0 saturated heterocycles. The fourth-order valence-electron chi connectivity index (χ4n) is 1.36. The molecule has 0 aromatic heterocycles. The molecule has 0 amide bonds. The lowest BCUT2D eigenvalue weighted by molar-refractivity contribution is -0.0499.